The van der Waals surface area contributed by atoms with Crippen molar-refractivity contribution in [2.24, 2.45) is 5.41 Å². The van der Waals surface area contributed by atoms with Gasteiger partial charge in [0.05, 0.1) is 15.7 Å². The lowest BCUT2D eigenvalue weighted by atomic mass is 9.91. The Morgan fingerprint density at radius 1 is 1.31 bits per heavy atom. The van der Waals surface area contributed by atoms with Crippen LogP contribution in [0.1, 0.15) is 66.2 Å². The van der Waals surface area contributed by atoms with Gasteiger partial charge in [-0.05, 0) is 63.4 Å². The summed E-state index contributed by atoms with van der Waals surface area (Å²) in [6.45, 7) is 10.0. The van der Waals surface area contributed by atoms with Crippen molar-refractivity contribution >= 4 is 28.8 Å². The highest BCUT2D eigenvalue weighted by atomic mass is 35.5. The first-order chi connectivity index (χ1) is 12.3. The summed E-state index contributed by atoms with van der Waals surface area (Å²) in [6.07, 6.45) is 3.86. The van der Waals surface area contributed by atoms with Crippen molar-refractivity contribution in [3.63, 3.8) is 0 Å². The van der Waals surface area contributed by atoms with Crippen LogP contribution >= 0.6 is 22.9 Å². The van der Waals surface area contributed by atoms with Crippen LogP contribution in [0.4, 0.5) is 0 Å². The molecule has 3 heterocycles. The van der Waals surface area contributed by atoms with Crippen molar-refractivity contribution < 1.29 is 4.79 Å². The van der Waals surface area contributed by atoms with Gasteiger partial charge in [0.1, 0.15) is 0 Å². The third-order valence-corrected chi connectivity index (χ3v) is 6.37. The summed E-state index contributed by atoms with van der Waals surface area (Å²) in [7, 11) is 0. The maximum atomic E-state index is 13.0. The number of hydrogen-bond donors (Lipinski definition) is 1. The average Bonchev–Trinajstić information content (AvgIpc) is 3.15. The molecule has 0 amide bonds. The van der Waals surface area contributed by atoms with Gasteiger partial charge in [-0.15, -0.1) is 11.3 Å². The zero-order chi connectivity index (χ0) is 18.9. The van der Waals surface area contributed by atoms with Gasteiger partial charge in [-0.3, -0.25) is 4.79 Å². The smallest absolute Gasteiger partial charge is 0.252 e. The summed E-state index contributed by atoms with van der Waals surface area (Å²) in [5.74, 6) is 0.514. The normalized spacial score (nSPS) is 16.2. The molecule has 0 bridgehead atoms. The lowest BCUT2D eigenvalue weighted by molar-refractivity contribution is 0.0743. The lowest BCUT2D eigenvalue weighted by Crippen LogP contribution is -2.30. The van der Waals surface area contributed by atoms with E-state index in [9.17, 15) is 4.79 Å². The van der Waals surface area contributed by atoms with Crippen molar-refractivity contribution in [2.75, 3.05) is 13.1 Å². The fourth-order valence-electron chi connectivity index (χ4n) is 3.54. The second kappa shape index (κ2) is 7.83. The number of hydrogen-bond acceptors (Lipinski definition) is 4. The highest BCUT2D eigenvalue weighted by Gasteiger charge is 2.30. The van der Waals surface area contributed by atoms with Crippen LogP contribution in [0, 0.1) is 12.3 Å². The molecule has 0 spiro atoms. The molecule has 0 atom stereocenters. The maximum Gasteiger partial charge on any atom is 0.252 e. The van der Waals surface area contributed by atoms with Crippen molar-refractivity contribution in [3.8, 4) is 0 Å². The Balaban J connectivity index is 1.93. The lowest BCUT2D eigenvalue weighted by Gasteiger charge is -2.21. The summed E-state index contributed by atoms with van der Waals surface area (Å²) >= 11 is 7.67. The number of nitrogens with zero attached hydrogens (tertiary/aromatic N) is 2. The van der Waals surface area contributed by atoms with E-state index < -0.39 is 5.41 Å². The monoisotopic (exact) mass is 393 g/mol. The van der Waals surface area contributed by atoms with Crippen LogP contribution in [0.2, 0.25) is 4.34 Å². The van der Waals surface area contributed by atoms with E-state index in [1.54, 1.807) is 16.0 Å². The number of thiophene rings is 1. The van der Waals surface area contributed by atoms with E-state index in [1.165, 1.54) is 10.4 Å². The van der Waals surface area contributed by atoms with E-state index in [2.05, 4.69) is 18.3 Å². The van der Waals surface area contributed by atoms with Gasteiger partial charge in [-0.1, -0.05) is 32.4 Å². The minimum Gasteiger partial charge on any atom is -0.317 e. The van der Waals surface area contributed by atoms with Crippen LogP contribution in [0.25, 0.3) is 0 Å². The molecule has 0 unspecified atom stereocenters. The second-order valence-corrected chi connectivity index (χ2v) is 9.95. The van der Waals surface area contributed by atoms with E-state index in [1.807, 2.05) is 26.8 Å². The summed E-state index contributed by atoms with van der Waals surface area (Å²) < 4.78 is 2.51. The van der Waals surface area contributed by atoms with Crippen LogP contribution in [-0.4, -0.2) is 28.8 Å². The van der Waals surface area contributed by atoms with Crippen molar-refractivity contribution in [2.45, 2.75) is 59.3 Å². The summed E-state index contributed by atoms with van der Waals surface area (Å²) in [5.41, 5.74) is 2.91. The summed E-state index contributed by atoms with van der Waals surface area (Å²) in [4.78, 5) is 14.3. The standard InChI is InChI=1S/C20H28ClN3OS/c1-13-16(7-5-15-6-8-17(21)26-15)24(19(25)20(2,3)4)23-18(13)14-9-11-22-12-10-14/h6,8,14,22H,5,7,9-12H2,1-4H3. The third kappa shape index (κ3) is 4.21. The van der Waals surface area contributed by atoms with Gasteiger partial charge in [0.15, 0.2) is 0 Å². The Morgan fingerprint density at radius 2 is 2.00 bits per heavy atom. The first-order valence-electron chi connectivity index (χ1n) is 9.35. The Labute approximate surface area is 164 Å². The SMILES string of the molecule is Cc1c(C2CCNCC2)nn(C(=O)C(C)(C)C)c1CCc1ccc(Cl)s1. The molecule has 142 valence electrons. The maximum absolute atomic E-state index is 13.0. The molecule has 2 aromatic heterocycles. The van der Waals surface area contributed by atoms with Crippen molar-refractivity contribution in [3.05, 3.63) is 38.3 Å². The number of aryl methyl sites for hydroxylation is 1. The van der Waals surface area contributed by atoms with Gasteiger partial charge in [-0.2, -0.15) is 5.10 Å². The Bertz CT molecular complexity index is 782. The van der Waals surface area contributed by atoms with Crippen LogP contribution < -0.4 is 5.32 Å². The van der Waals surface area contributed by atoms with E-state index in [0.717, 1.165) is 54.5 Å². The predicted molar refractivity (Wildman–Crippen MR) is 109 cm³/mol. The molecule has 0 saturated carbocycles. The molecule has 1 fully saturated rings. The molecule has 1 aliphatic heterocycles. The van der Waals surface area contributed by atoms with E-state index >= 15 is 0 Å². The highest BCUT2D eigenvalue weighted by molar-refractivity contribution is 7.16. The van der Waals surface area contributed by atoms with Gasteiger partial charge in [-0.25, -0.2) is 4.68 Å². The van der Waals surface area contributed by atoms with E-state index in [-0.39, 0.29) is 5.91 Å². The number of carbonyl (C=O) groups excluding carboxylic acids is 1. The zero-order valence-electron chi connectivity index (χ0n) is 16.1. The third-order valence-electron chi connectivity index (χ3n) is 5.08. The fourth-order valence-corrected chi connectivity index (χ4v) is 4.63. The molecule has 3 rings (SSSR count). The minimum absolute atomic E-state index is 0.0694. The number of nitrogens with one attached hydrogen (secondary N) is 1. The first-order valence-corrected chi connectivity index (χ1v) is 10.5. The van der Waals surface area contributed by atoms with Gasteiger partial charge >= 0.3 is 0 Å². The average molecular weight is 394 g/mol. The number of halogens is 1. The quantitative estimate of drug-likeness (QED) is 0.807. The van der Waals surface area contributed by atoms with Gasteiger partial charge in [0.2, 0.25) is 0 Å². The van der Waals surface area contributed by atoms with E-state index in [0.29, 0.717) is 5.92 Å². The molecule has 1 saturated heterocycles. The molecule has 1 aliphatic rings. The van der Waals surface area contributed by atoms with Gasteiger partial charge in [0.25, 0.3) is 5.91 Å². The molecule has 1 N–H and O–H groups in total. The predicted octanol–water partition coefficient (Wildman–Crippen LogP) is 4.84. The first kappa shape index (κ1) is 19.6. The number of rotatable bonds is 4. The number of carbonyl (C=O) groups is 1. The van der Waals surface area contributed by atoms with Crippen LogP contribution in [0.3, 0.4) is 0 Å². The molecular formula is C20H28ClN3OS. The Hall–Kier alpha value is -1.17. The van der Waals surface area contributed by atoms with Crippen LogP contribution in [0.5, 0.6) is 0 Å². The fraction of sp³-hybridized carbons (Fsp3) is 0.600. The van der Waals surface area contributed by atoms with Crippen molar-refractivity contribution in [1.82, 2.24) is 15.1 Å². The molecule has 4 nitrogen and oxygen atoms in total. The topological polar surface area (TPSA) is 46.9 Å². The molecule has 0 radical (unpaired) electrons. The molecule has 0 aliphatic carbocycles. The largest absolute Gasteiger partial charge is 0.317 e. The molecule has 0 aromatic carbocycles. The number of piperidine rings is 1. The van der Waals surface area contributed by atoms with Crippen molar-refractivity contribution in [1.29, 1.82) is 0 Å². The zero-order valence-corrected chi connectivity index (χ0v) is 17.6. The Morgan fingerprint density at radius 3 is 2.58 bits per heavy atom. The molecule has 6 heteroatoms. The van der Waals surface area contributed by atoms with Crippen LogP contribution in [0.15, 0.2) is 12.1 Å². The van der Waals surface area contributed by atoms with Gasteiger partial charge in [0, 0.05) is 16.2 Å². The Kier molecular flexibility index (Phi) is 5.90. The highest BCUT2D eigenvalue weighted by Crippen LogP contribution is 2.31. The van der Waals surface area contributed by atoms with Crippen LogP contribution in [-0.2, 0) is 12.8 Å². The minimum atomic E-state index is -0.454. The molecular weight excluding hydrogens is 366 g/mol. The second-order valence-electron chi connectivity index (χ2n) is 8.15. The molecule has 26 heavy (non-hydrogen) atoms. The summed E-state index contributed by atoms with van der Waals surface area (Å²) in [6, 6.07) is 4.01. The number of aromatic nitrogens is 2. The summed E-state index contributed by atoms with van der Waals surface area (Å²) in [5, 5.41) is 8.24. The molecule has 2 aromatic rings. The van der Waals surface area contributed by atoms with E-state index in [4.69, 9.17) is 16.7 Å². The van der Waals surface area contributed by atoms with Gasteiger partial charge < -0.3 is 5.32 Å².